The zero-order valence-corrected chi connectivity index (χ0v) is 15.4. The minimum absolute atomic E-state index is 0. The van der Waals surface area contributed by atoms with Gasteiger partial charge in [-0.25, -0.2) is 8.42 Å². The minimum Gasteiger partial charge on any atom is -0.748 e. The van der Waals surface area contributed by atoms with Crippen LogP contribution in [0.25, 0.3) is 0 Å². The molecule has 0 saturated heterocycles. The van der Waals surface area contributed by atoms with Crippen molar-refractivity contribution in [3.05, 3.63) is 0 Å². The predicted octanol–water partition coefficient (Wildman–Crippen LogP) is -0.184. The van der Waals surface area contributed by atoms with Crippen LogP contribution in [0.5, 0.6) is 0 Å². The molecule has 0 aliphatic heterocycles. The summed E-state index contributed by atoms with van der Waals surface area (Å²) in [7, 11) is -4.28. The van der Waals surface area contributed by atoms with Crippen molar-refractivity contribution in [1.82, 2.24) is 0 Å². The molecule has 0 bridgehead atoms. The number of rotatable bonds is 11. The molecule has 2 atom stereocenters. The number of unbranched alkanes of at least 4 members (excludes halogenated alkanes) is 4. The van der Waals surface area contributed by atoms with Crippen molar-refractivity contribution >= 4 is 10.1 Å². The Morgan fingerprint density at radius 1 is 1.00 bits per heavy atom. The Labute approximate surface area is 140 Å². The second-order valence-corrected chi connectivity index (χ2v) is 6.65. The first kappa shape index (κ1) is 22.2. The summed E-state index contributed by atoms with van der Waals surface area (Å²) in [5.41, 5.74) is 0. The van der Waals surface area contributed by atoms with Gasteiger partial charge in [-0.05, 0) is 19.3 Å². The summed E-state index contributed by atoms with van der Waals surface area (Å²) < 4.78 is 33.4. The Balaban J connectivity index is 0. The van der Waals surface area contributed by atoms with Gasteiger partial charge < -0.3 is 9.66 Å². The van der Waals surface area contributed by atoms with Gasteiger partial charge in [0.05, 0.1) is 21.5 Å². The summed E-state index contributed by atoms with van der Waals surface area (Å²) in [6, 6.07) is 0. The molecular formula is C13H27NaO4S. The molecule has 0 rings (SSSR count). The molecule has 0 saturated carbocycles. The van der Waals surface area contributed by atoms with Crippen LogP contribution in [0.4, 0.5) is 0 Å². The largest absolute Gasteiger partial charge is 1.00 e. The van der Waals surface area contributed by atoms with E-state index in [-0.39, 0.29) is 36.0 Å². The molecule has 0 aliphatic rings. The normalized spacial score (nSPS) is 14.7. The zero-order chi connectivity index (χ0) is 14.0. The van der Waals surface area contributed by atoms with Crippen molar-refractivity contribution in [2.75, 3.05) is 0 Å². The first-order valence-corrected chi connectivity index (χ1v) is 8.51. The van der Waals surface area contributed by atoms with Crippen LogP contribution in [-0.2, 0) is 10.1 Å². The van der Waals surface area contributed by atoms with Gasteiger partial charge in [0.25, 0.3) is 0 Å². The Morgan fingerprint density at radius 2 is 1.58 bits per heavy atom. The van der Waals surface area contributed by atoms with Crippen molar-refractivity contribution < 1.29 is 47.6 Å². The summed E-state index contributed by atoms with van der Waals surface area (Å²) in [4.78, 5) is 0. The van der Waals surface area contributed by atoms with Gasteiger partial charge in [-0.2, -0.15) is 0 Å². The maximum absolute atomic E-state index is 11.1. The zero-order valence-electron chi connectivity index (χ0n) is 12.6. The number of hydrogen-bond donors (Lipinski definition) is 1. The SMILES string of the molecule is CCCCCCC(CC(O)CCCC)S(=O)(=O)[O-].[Na+]. The molecule has 4 nitrogen and oxygen atoms in total. The van der Waals surface area contributed by atoms with Crippen LogP contribution in [0, 0.1) is 0 Å². The Hall–Kier alpha value is 0.870. The average Bonchev–Trinajstić information content (AvgIpc) is 2.29. The molecule has 2 unspecified atom stereocenters. The van der Waals surface area contributed by atoms with Crippen LogP contribution in [0.2, 0.25) is 0 Å². The van der Waals surface area contributed by atoms with Gasteiger partial charge in [-0.1, -0.05) is 52.4 Å². The molecule has 0 amide bonds. The van der Waals surface area contributed by atoms with Gasteiger partial charge in [0.1, 0.15) is 0 Å². The van der Waals surface area contributed by atoms with Crippen LogP contribution < -0.4 is 29.6 Å². The van der Waals surface area contributed by atoms with Crippen LogP contribution in [0.15, 0.2) is 0 Å². The maximum Gasteiger partial charge on any atom is 1.00 e. The summed E-state index contributed by atoms with van der Waals surface area (Å²) in [6.07, 6.45) is 6.06. The monoisotopic (exact) mass is 302 g/mol. The van der Waals surface area contributed by atoms with E-state index in [1.165, 1.54) is 0 Å². The fourth-order valence-corrected chi connectivity index (χ4v) is 2.95. The molecule has 0 aromatic carbocycles. The fourth-order valence-electron chi connectivity index (χ4n) is 2.04. The maximum atomic E-state index is 11.1. The van der Waals surface area contributed by atoms with Crippen molar-refractivity contribution in [3.8, 4) is 0 Å². The van der Waals surface area contributed by atoms with E-state index in [9.17, 15) is 18.1 Å². The molecule has 0 radical (unpaired) electrons. The molecule has 0 fully saturated rings. The molecule has 19 heavy (non-hydrogen) atoms. The van der Waals surface area contributed by atoms with E-state index in [0.717, 1.165) is 38.5 Å². The van der Waals surface area contributed by atoms with Crippen molar-refractivity contribution in [3.63, 3.8) is 0 Å². The molecule has 0 heterocycles. The van der Waals surface area contributed by atoms with Crippen LogP contribution in [-0.4, -0.2) is 29.4 Å². The topological polar surface area (TPSA) is 77.4 Å². The second-order valence-electron chi connectivity index (χ2n) is 5.00. The quantitative estimate of drug-likeness (QED) is 0.326. The Morgan fingerprint density at radius 3 is 2.05 bits per heavy atom. The Kier molecular flexibility index (Phi) is 14.7. The van der Waals surface area contributed by atoms with Crippen LogP contribution in [0.1, 0.15) is 71.6 Å². The molecular weight excluding hydrogens is 275 g/mol. The second kappa shape index (κ2) is 12.6. The van der Waals surface area contributed by atoms with Crippen molar-refractivity contribution in [2.24, 2.45) is 0 Å². The van der Waals surface area contributed by atoms with Crippen molar-refractivity contribution in [1.29, 1.82) is 0 Å². The first-order valence-electron chi connectivity index (χ1n) is 7.04. The smallest absolute Gasteiger partial charge is 0.748 e. The number of aliphatic hydroxyl groups is 1. The molecule has 1 N–H and O–H groups in total. The first-order chi connectivity index (χ1) is 8.41. The number of aliphatic hydroxyl groups excluding tert-OH is 1. The fraction of sp³-hybridized carbons (Fsp3) is 1.00. The minimum atomic E-state index is -4.28. The van der Waals surface area contributed by atoms with E-state index >= 15 is 0 Å². The average molecular weight is 302 g/mol. The van der Waals surface area contributed by atoms with E-state index in [2.05, 4.69) is 6.92 Å². The van der Waals surface area contributed by atoms with E-state index in [1.807, 2.05) is 6.92 Å². The summed E-state index contributed by atoms with van der Waals surface area (Å²) in [6.45, 7) is 4.09. The molecule has 0 aliphatic carbocycles. The summed E-state index contributed by atoms with van der Waals surface area (Å²) in [5.74, 6) is 0. The summed E-state index contributed by atoms with van der Waals surface area (Å²) >= 11 is 0. The molecule has 110 valence electrons. The van der Waals surface area contributed by atoms with E-state index in [4.69, 9.17) is 0 Å². The third-order valence-corrected chi connectivity index (χ3v) is 4.46. The van der Waals surface area contributed by atoms with Gasteiger partial charge in [0.15, 0.2) is 0 Å². The molecule has 6 heteroatoms. The standard InChI is InChI=1S/C13H28O4S.Na/c1-3-5-7-8-10-13(18(15,16)17)11-12(14)9-6-4-2;/h12-14H,3-11H2,1-2H3,(H,15,16,17);/q;+1/p-1. The van der Waals surface area contributed by atoms with Gasteiger partial charge in [0, 0.05) is 0 Å². The summed E-state index contributed by atoms with van der Waals surface area (Å²) in [5, 5.41) is 8.80. The Bertz CT molecular complexity index is 293. The molecule has 0 aromatic heterocycles. The molecule has 0 spiro atoms. The van der Waals surface area contributed by atoms with E-state index in [1.54, 1.807) is 0 Å². The third kappa shape index (κ3) is 12.3. The van der Waals surface area contributed by atoms with Gasteiger partial charge in [-0.15, -0.1) is 0 Å². The van der Waals surface area contributed by atoms with Crippen LogP contribution >= 0.6 is 0 Å². The third-order valence-electron chi connectivity index (χ3n) is 3.21. The van der Waals surface area contributed by atoms with Gasteiger partial charge >= 0.3 is 29.6 Å². The van der Waals surface area contributed by atoms with Gasteiger partial charge in [0.2, 0.25) is 0 Å². The van der Waals surface area contributed by atoms with Gasteiger partial charge in [-0.3, -0.25) is 0 Å². The van der Waals surface area contributed by atoms with E-state index < -0.39 is 21.5 Å². The number of hydrogen-bond acceptors (Lipinski definition) is 4. The molecule has 0 aromatic rings. The van der Waals surface area contributed by atoms with E-state index in [0.29, 0.717) is 12.8 Å². The van der Waals surface area contributed by atoms with Crippen molar-refractivity contribution in [2.45, 2.75) is 83.0 Å². The van der Waals surface area contributed by atoms with Crippen LogP contribution in [0.3, 0.4) is 0 Å². The predicted molar refractivity (Wildman–Crippen MR) is 72.4 cm³/mol.